The Kier molecular flexibility index (Phi) is 8.33. The first-order chi connectivity index (χ1) is 23.1. The van der Waals surface area contributed by atoms with Gasteiger partial charge < -0.3 is 14.0 Å². The number of esters is 1. The second-order valence-electron chi connectivity index (χ2n) is 12.3. The van der Waals surface area contributed by atoms with Gasteiger partial charge in [-0.3, -0.25) is 14.2 Å². The van der Waals surface area contributed by atoms with E-state index in [1.165, 1.54) is 23.1 Å². The molecule has 2 aliphatic rings. The van der Waals surface area contributed by atoms with Crippen molar-refractivity contribution in [3.8, 4) is 10.8 Å². The zero-order valence-corrected chi connectivity index (χ0v) is 29.6. The number of hydrogen-bond acceptors (Lipinski definition) is 8. The maximum atomic E-state index is 14.5. The predicted octanol–water partition coefficient (Wildman–Crippen LogP) is 6.51. The van der Waals surface area contributed by atoms with Crippen LogP contribution >= 0.6 is 22.7 Å². The molecule has 0 fully saturated rings. The molecule has 1 aliphatic heterocycles. The molecule has 0 N–H and O–H groups in total. The Morgan fingerprint density at radius 1 is 1.06 bits per heavy atom. The van der Waals surface area contributed by atoms with Crippen LogP contribution in [0.25, 0.3) is 21.8 Å². The van der Waals surface area contributed by atoms with Gasteiger partial charge >= 0.3 is 5.97 Å². The van der Waals surface area contributed by atoms with Crippen molar-refractivity contribution in [1.82, 2.24) is 9.13 Å². The summed E-state index contributed by atoms with van der Waals surface area (Å²) in [6, 6.07) is 13.1. The van der Waals surface area contributed by atoms with Gasteiger partial charge in [0, 0.05) is 33.1 Å². The number of ketones is 1. The molecule has 0 spiro atoms. The van der Waals surface area contributed by atoms with Gasteiger partial charge in [0.2, 0.25) is 0 Å². The highest BCUT2D eigenvalue weighted by molar-refractivity contribution is 7.15. The number of carbonyl (C=O) groups excluding carboxylic acids is 2. The molecule has 1 aliphatic carbocycles. The average Bonchev–Trinajstić information content (AvgIpc) is 3.69. The second-order valence-corrected chi connectivity index (χ2v) is 14.4. The van der Waals surface area contributed by atoms with Gasteiger partial charge in [-0.2, -0.15) is 0 Å². The van der Waals surface area contributed by atoms with Crippen LogP contribution in [0.4, 0.5) is 0 Å². The molecule has 246 valence electrons. The van der Waals surface area contributed by atoms with Crippen LogP contribution in [0.15, 0.2) is 63.5 Å². The monoisotopic (exact) mass is 679 g/mol. The van der Waals surface area contributed by atoms with Gasteiger partial charge in [0.25, 0.3) is 5.56 Å². The number of allylic oxidation sites excluding steroid dienone is 2. The maximum absolute atomic E-state index is 14.5. The molecule has 8 nitrogen and oxygen atoms in total. The molecule has 0 amide bonds. The van der Waals surface area contributed by atoms with Crippen molar-refractivity contribution in [1.29, 1.82) is 0 Å². The molecule has 10 heteroatoms. The van der Waals surface area contributed by atoms with Crippen LogP contribution < -0.4 is 19.6 Å². The molecule has 7 rings (SSSR count). The van der Waals surface area contributed by atoms with Gasteiger partial charge in [-0.1, -0.05) is 41.7 Å². The fraction of sp³-hybridized carbons (Fsp3) is 0.316. The normalized spacial score (nSPS) is 16.1. The minimum atomic E-state index is -0.709. The van der Waals surface area contributed by atoms with Crippen molar-refractivity contribution >= 4 is 51.3 Å². The molecule has 0 saturated carbocycles. The van der Waals surface area contributed by atoms with Crippen LogP contribution in [0.2, 0.25) is 0 Å². The highest BCUT2D eigenvalue weighted by Crippen LogP contribution is 2.41. The lowest BCUT2D eigenvalue weighted by Crippen LogP contribution is -2.39. The van der Waals surface area contributed by atoms with E-state index in [1.807, 2.05) is 70.2 Å². The third-order valence-electron chi connectivity index (χ3n) is 9.42. The summed E-state index contributed by atoms with van der Waals surface area (Å²) in [4.78, 5) is 47.6. The number of methoxy groups -OCH3 is 1. The molecule has 1 atom stereocenters. The standard InChI is InChI=1S/C38H37N3O5S2/c1-7-46-37(44)33-27-14-10-11-15-29(27)47-36(33)40-20(2)18-25(22(40)4)19-30-35(43)41-34(31(23(5)42)21(3)39-38(41)48-30)32-26-13-9-8-12-24(26)16-17-28(32)45-6/h8-9,12-13,16-19,34H,7,10-11,14-15H2,1-6H3/t34-/m1/s1. The average molecular weight is 680 g/mol. The fourth-order valence-corrected chi connectivity index (χ4v) is 9.81. The van der Waals surface area contributed by atoms with E-state index >= 15 is 0 Å². The number of rotatable bonds is 7. The topological polar surface area (TPSA) is 91.9 Å². The first-order valence-corrected chi connectivity index (χ1v) is 17.9. The number of aromatic nitrogens is 2. The van der Waals surface area contributed by atoms with E-state index in [-0.39, 0.29) is 17.3 Å². The van der Waals surface area contributed by atoms with Crippen LogP contribution in [-0.2, 0) is 22.4 Å². The largest absolute Gasteiger partial charge is 0.496 e. The van der Waals surface area contributed by atoms with Gasteiger partial charge in [0.15, 0.2) is 10.6 Å². The molecule has 0 saturated heterocycles. The van der Waals surface area contributed by atoms with E-state index in [4.69, 9.17) is 14.5 Å². The number of aryl methyl sites for hydroxylation is 2. The number of nitrogens with zero attached hydrogens (tertiary/aromatic N) is 3. The number of thiazole rings is 1. The summed E-state index contributed by atoms with van der Waals surface area (Å²) in [7, 11) is 1.61. The van der Waals surface area contributed by atoms with E-state index in [9.17, 15) is 14.4 Å². The minimum absolute atomic E-state index is 0.148. The SMILES string of the molecule is CCOC(=O)c1c(-n2c(C)cc(C=c3sc4n(c3=O)[C@@H](c3c(OC)ccc5ccccc35)C(C(C)=O)=C(C)N=4)c2C)sc2c1CCCC2. The zero-order chi connectivity index (χ0) is 33.9. The molecule has 0 radical (unpaired) electrons. The summed E-state index contributed by atoms with van der Waals surface area (Å²) in [6.45, 7) is 9.54. The van der Waals surface area contributed by atoms with Gasteiger partial charge in [0.05, 0.1) is 29.9 Å². The van der Waals surface area contributed by atoms with Crippen LogP contribution in [0.5, 0.6) is 5.75 Å². The van der Waals surface area contributed by atoms with E-state index < -0.39 is 6.04 Å². The summed E-state index contributed by atoms with van der Waals surface area (Å²) in [5.41, 5.74) is 6.13. The molecule has 48 heavy (non-hydrogen) atoms. The molecule has 2 aromatic carbocycles. The lowest BCUT2D eigenvalue weighted by molar-refractivity contribution is -0.114. The van der Waals surface area contributed by atoms with Crippen molar-refractivity contribution < 1.29 is 19.1 Å². The van der Waals surface area contributed by atoms with Gasteiger partial charge in [-0.15, -0.1) is 11.3 Å². The molecular formula is C38H37N3O5S2. The summed E-state index contributed by atoms with van der Waals surface area (Å²) in [5, 5.41) is 2.77. The summed E-state index contributed by atoms with van der Waals surface area (Å²) in [5.74, 6) is 0.168. The van der Waals surface area contributed by atoms with Crippen LogP contribution in [0, 0.1) is 13.8 Å². The van der Waals surface area contributed by atoms with Gasteiger partial charge in [-0.25, -0.2) is 9.79 Å². The maximum Gasteiger partial charge on any atom is 0.341 e. The van der Waals surface area contributed by atoms with E-state index in [0.717, 1.165) is 69.5 Å². The van der Waals surface area contributed by atoms with E-state index in [2.05, 4.69) is 10.6 Å². The number of carbonyl (C=O) groups is 2. The van der Waals surface area contributed by atoms with Crippen molar-refractivity contribution in [3.63, 3.8) is 0 Å². The van der Waals surface area contributed by atoms with Crippen molar-refractivity contribution in [3.05, 3.63) is 112 Å². The number of fused-ring (bicyclic) bond motifs is 3. The quantitative estimate of drug-likeness (QED) is 0.183. The van der Waals surface area contributed by atoms with E-state index in [1.54, 1.807) is 23.0 Å². The third kappa shape index (κ3) is 5.09. The molecule has 3 aromatic heterocycles. The van der Waals surface area contributed by atoms with Crippen molar-refractivity contribution in [2.45, 2.75) is 66.3 Å². The Bertz CT molecular complexity index is 2370. The molecule has 5 aromatic rings. The number of benzene rings is 2. The number of thiophene rings is 1. The molecule has 0 bridgehead atoms. The van der Waals surface area contributed by atoms with Gasteiger partial charge in [0.1, 0.15) is 10.8 Å². The molecular weight excluding hydrogens is 643 g/mol. The van der Waals surface area contributed by atoms with Crippen molar-refractivity contribution in [2.75, 3.05) is 13.7 Å². The number of ether oxygens (including phenoxy) is 2. The Balaban J connectivity index is 1.43. The Labute approximate surface area is 286 Å². The number of hydrogen-bond donors (Lipinski definition) is 0. The Morgan fingerprint density at radius 3 is 2.58 bits per heavy atom. The fourth-order valence-electron chi connectivity index (χ4n) is 7.29. The Morgan fingerprint density at radius 2 is 1.83 bits per heavy atom. The summed E-state index contributed by atoms with van der Waals surface area (Å²) < 4.78 is 15.7. The van der Waals surface area contributed by atoms with Crippen LogP contribution in [0.3, 0.4) is 0 Å². The first-order valence-electron chi connectivity index (χ1n) is 16.2. The molecule has 4 heterocycles. The van der Waals surface area contributed by atoms with Crippen LogP contribution in [-0.4, -0.2) is 34.6 Å². The van der Waals surface area contributed by atoms with Crippen LogP contribution in [0.1, 0.15) is 83.0 Å². The summed E-state index contributed by atoms with van der Waals surface area (Å²) >= 11 is 2.98. The smallest absolute Gasteiger partial charge is 0.341 e. The van der Waals surface area contributed by atoms with Crippen molar-refractivity contribution in [2.24, 2.45) is 4.99 Å². The lowest BCUT2D eigenvalue weighted by Gasteiger charge is -2.27. The second kappa shape index (κ2) is 12.5. The zero-order valence-electron chi connectivity index (χ0n) is 27.9. The summed E-state index contributed by atoms with van der Waals surface area (Å²) in [6.07, 6.45) is 5.91. The minimum Gasteiger partial charge on any atom is -0.496 e. The third-order valence-corrected chi connectivity index (χ3v) is 11.7. The lowest BCUT2D eigenvalue weighted by atomic mass is 9.89. The Hall–Kier alpha value is -4.54. The van der Waals surface area contributed by atoms with E-state index in [0.29, 0.717) is 38.5 Å². The number of Topliss-reactive ketones (excluding diaryl/α,β-unsaturated/α-hetero) is 1. The van der Waals surface area contributed by atoms with Gasteiger partial charge in [-0.05, 0) is 100 Å². The first kappa shape index (κ1) is 32.0. The highest BCUT2D eigenvalue weighted by Gasteiger charge is 2.34. The highest BCUT2D eigenvalue weighted by atomic mass is 32.1. The molecule has 0 unspecified atom stereocenters. The predicted molar refractivity (Wildman–Crippen MR) is 191 cm³/mol.